The summed E-state index contributed by atoms with van der Waals surface area (Å²) < 4.78 is 11.6. The molecule has 3 N–H and O–H groups in total. The predicted molar refractivity (Wildman–Crippen MR) is 136 cm³/mol. The SMILES string of the molecule is Cc1cc(I)cc(/C=N\NC(=O)/C(=C\c2ccc3c(c2)OCO3)NC(=O)c2ccccc2)c1O. The molecule has 2 amide bonds. The number of nitrogens with one attached hydrogen (secondary N) is 2. The number of halogens is 1. The van der Waals surface area contributed by atoms with Crippen LogP contribution in [0.5, 0.6) is 17.2 Å². The highest BCUT2D eigenvalue weighted by molar-refractivity contribution is 14.1. The summed E-state index contributed by atoms with van der Waals surface area (Å²) in [5.41, 5.74) is 4.56. The molecule has 3 aromatic carbocycles. The minimum absolute atomic E-state index is 0.0205. The van der Waals surface area contributed by atoms with E-state index >= 15 is 0 Å². The summed E-state index contributed by atoms with van der Waals surface area (Å²) in [5.74, 6) is 0.142. The van der Waals surface area contributed by atoms with Gasteiger partial charge in [-0.15, -0.1) is 0 Å². The molecule has 0 aliphatic carbocycles. The van der Waals surface area contributed by atoms with E-state index in [9.17, 15) is 14.7 Å². The molecule has 0 atom stereocenters. The number of fused-ring (bicyclic) bond motifs is 1. The average Bonchev–Trinajstić information content (AvgIpc) is 3.30. The summed E-state index contributed by atoms with van der Waals surface area (Å²) >= 11 is 2.13. The molecule has 0 fully saturated rings. The number of phenolic OH excluding ortho intramolecular Hbond substituents is 1. The Labute approximate surface area is 209 Å². The molecular formula is C25H20IN3O5. The first-order valence-corrected chi connectivity index (χ1v) is 11.3. The minimum Gasteiger partial charge on any atom is -0.507 e. The maximum absolute atomic E-state index is 12.9. The van der Waals surface area contributed by atoms with Crippen LogP contribution in [0.3, 0.4) is 0 Å². The first kappa shape index (κ1) is 23.3. The van der Waals surface area contributed by atoms with Crippen molar-refractivity contribution in [2.75, 3.05) is 6.79 Å². The van der Waals surface area contributed by atoms with Gasteiger partial charge in [-0.3, -0.25) is 9.59 Å². The van der Waals surface area contributed by atoms with Crippen molar-refractivity contribution in [3.63, 3.8) is 0 Å². The summed E-state index contributed by atoms with van der Waals surface area (Å²) in [6, 6.07) is 17.3. The van der Waals surface area contributed by atoms with E-state index in [1.807, 2.05) is 6.07 Å². The summed E-state index contributed by atoms with van der Waals surface area (Å²) in [6.07, 6.45) is 2.86. The van der Waals surface area contributed by atoms with Crippen molar-refractivity contribution in [2.24, 2.45) is 5.10 Å². The highest BCUT2D eigenvalue weighted by Gasteiger charge is 2.17. The quantitative estimate of drug-likeness (QED) is 0.180. The zero-order valence-electron chi connectivity index (χ0n) is 18.0. The molecule has 9 heteroatoms. The van der Waals surface area contributed by atoms with Gasteiger partial charge < -0.3 is 19.9 Å². The van der Waals surface area contributed by atoms with E-state index in [1.165, 1.54) is 12.3 Å². The zero-order chi connectivity index (χ0) is 24.1. The smallest absolute Gasteiger partial charge is 0.287 e. The lowest BCUT2D eigenvalue weighted by molar-refractivity contribution is -0.117. The number of hydrogen-bond donors (Lipinski definition) is 3. The van der Waals surface area contributed by atoms with E-state index in [2.05, 4.69) is 38.4 Å². The molecule has 1 aliphatic heterocycles. The normalized spacial score (nSPS) is 12.6. The van der Waals surface area contributed by atoms with Crippen molar-refractivity contribution in [2.45, 2.75) is 6.92 Å². The van der Waals surface area contributed by atoms with Crippen molar-refractivity contribution in [1.29, 1.82) is 0 Å². The van der Waals surface area contributed by atoms with Crippen LogP contribution in [0, 0.1) is 10.5 Å². The number of hydrogen-bond acceptors (Lipinski definition) is 6. The number of rotatable bonds is 6. The Bertz CT molecular complexity index is 1310. The van der Waals surface area contributed by atoms with Crippen LogP contribution >= 0.6 is 22.6 Å². The van der Waals surface area contributed by atoms with E-state index in [-0.39, 0.29) is 18.2 Å². The van der Waals surface area contributed by atoms with Gasteiger partial charge in [0.25, 0.3) is 11.8 Å². The van der Waals surface area contributed by atoms with E-state index < -0.39 is 11.8 Å². The summed E-state index contributed by atoms with van der Waals surface area (Å²) in [6.45, 7) is 1.90. The van der Waals surface area contributed by atoms with Crippen molar-refractivity contribution in [3.8, 4) is 17.2 Å². The molecule has 8 nitrogen and oxygen atoms in total. The number of carbonyl (C=O) groups excluding carboxylic acids is 2. The molecule has 34 heavy (non-hydrogen) atoms. The van der Waals surface area contributed by atoms with E-state index in [0.717, 1.165) is 3.57 Å². The van der Waals surface area contributed by atoms with Gasteiger partial charge >= 0.3 is 0 Å². The number of ether oxygens (including phenoxy) is 2. The Kier molecular flexibility index (Phi) is 7.12. The zero-order valence-corrected chi connectivity index (χ0v) is 20.2. The monoisotopic (exact) mass is 569 g/mol. The van der Waals surface area contributed by atoms with Gasteiger partial charge in [0.1, 0.15) is 11.4 Å². The van der Waals surface area contributed by atoms with E-state index in [4.69, 9.17) is 9.47 Å². The molecule has 3 aromatic rings. The first-order chi connectivity index (χ1) is 16.4. The Morgan fingerprint density at radius 3 is 2.62 bits per heavy atom. The second-order valence-electron chi connectivity index (χ2n) is 7.35. The summed E-state index contributed by atoms with van der Waals surface area (Å²) in [7, 11) is 0. The first-order valence-electron chi connectivity index (χ1n) is 10.2. The largest absolute Gasteiger partial charge is 0.507 e. The van der Waals surface area contributed by atoms with Crippen LogP contribution in [0.2, 0.25) is 0 Å². The molecule has 0 unspecified atom stereocenters. The Balaban J connectivity index is 1.58. The van der Waals surface area contributed by atoms with Crippen LogP contribution in [-0.4, -0.2) is 29.9 Å². The van der Waals surface area contributed by atoms with Crippen molar-refractivity contribution in [3.05, 3.63) is 92.2 Å². The molecule has 0 radical (unpaired) electrons. The molecule has 0 saturated heterocycles. The Morgan fingerprint density at radius 2 is 1.82 bits per heavy atom. The minimum atomic E-state index is -0.639. The number of aromatic hydroxyl groups is 1. The van der Waals surface area contributed by atoms with Gasteiger partial charge in [-0.25, -0.2) is 5.43 Å². The number of amides is 2. The van der Waals surface area contributed by atoms with Gasteiger partial charge in [-0.1, -0.05) is 24.3 Å². The fourth-order valence-electron chi connectivity index (χ4n) is 3.19. The molecular weight excluding hydrogens is 549 g/mol. The lowest BCUT2D eigenvalue weighted by Gasteiger charge is -2.10. The van der Waals surface area contributed by atoms with Crippen LogP contribution in [0.1, 0.15) is 27.0 Å². The lowest BCUT2D eigenvalue weighted by Crippen LogP contribution is -2.32. The third-order valence-corrected chi connectivity index (χ3v) is 5.52. The van der Waals surface area contributed by atoms with Gasteiger partial charge in [0.2, 0.25) is 6.79 Å². The van der Waals surface area contributed by atoms with Crippen LogP contribution in [0.15, 0.2) is 71.5 Å². The summed E-state index contributed by atoms with van der Waals surface area (Å²) in [5, 5.41) is 16.8. The van der Waals surface area contributed by atoms with Crippen molar-refractivity contribution >= 4 is 46.7 Å². The number of aryl methyl sites for hydroxylation is 1. The molecule has 0 spiro atoms. The number of nitrogens with zero attached hydrogens (tertiary/aromatic N) is 1. The standard InChI is InChI=1S/C25H20IN3O5/c1-15-9-19(26)12-18(23(15)30)13-27-29-25(32)20(28-24(31)17-5-3-2-4-6-17)10-16-7-8-21-22(11-16)34-14-33-21/h2-13,30H,14H2,1H3,(H,28,31)(H,29,32)/b20-10+,27-13-. The van der Waals surface area contributed by atoms with E-state index in [1.54, 1.807) is 61.5 Å². The topological polar surface area (TPSA) is 109 Å². The third kappa shape index (κ3) is 5.54. The fraction of sp³-hybridized carbons (Fsp3) is 0.0800. The number of carbonyl (C=O) groups is 2. The molecule has 0 aromatic heterocycles. The number of hydrazone groups is 1. The maximum Gasteiger partial charge on any atom is 0.287 e. The van der Waals surface area contributed by atoms with Crippen LogP contribution in [0.25, 0.3) is 6.08 Å². The number of benzene rings is 3. The lowest BCUT2D eigenvalue weighted by atomic mass is 10.1. The van der Waals surface area contributed by atoms with Crippen LogP contribution < -0.4 is 20.2 Å². The molecule has 4 rings (SSSR count). The highest BCUT2D eigenvalue weighted by Crippen LogP contribution is 2.33. The summed E-state index contributed by atoms with van der Waals surface area (Å²) in [4.78, 5) is 25.6. The van der Waals surface area contributed by atoms with Crippen LogP contribution in [-0.2, 0) is 4.79 Å². The van der Waals surface area contributed by atoms with Crippen LogP contribution in [0.4, 0.5) is 0 Å². The molecule has 0 bridgehead atoms. The Hall–Kier alpha value is -3.86. The Morgan fingerprint density at radius 1 is 1.06 bits per heavy atom. The van der Waals surface area contributed by atoms with Gasteiger partial charge in [0.15, 0.2) is 11.5 Å². The second-order valence-corrected chi connectivity index (χ2v) is 8.60. The van der Waals surface area contributed by atoms with Crippen molar-refractivity contribution < 1.29 is 24.2 Å². The predicted octanol–water partition coefficient (Wildman–Crippen LogP) is 3.96. The van der Waals surface area contributed by atoms with Gasteiger partial charge in [0, 0.05) is 14.7 Å². The van der Waals surface area contributed by atoms with Gasteiger partial charge in [0.05, 0.1) is 6.21 Å². The average molecular weight is 569 g/mol. The van der Waals surface area contributed by atoms with E-state index in [0.29, 0.717) is 33.8 Å². The fourth-order valence-corrected chi connectivity index (χ4v) is 4.00. The van der Waals surface area contributed by atoms with Crippen molar-refractivity contribution in [1.82, 2.24) is 10.7 Å². The third-order valence-electron chi connectivity index (χ3n) is 4.90. The second kappa shape index (κ2) is 10.4. The van der Waals surface area contributed by atoms with Gasteiger partial charge in [-0.2, -0.15) is 5.10 Å². The molecule has 1 heterocycles. The highest BCUT2D eigenvalue weighted by atomic mass is 127. The molecule has 172 valence electrons. The molecule has 1 aliphatic rings. The van der Waals surface area contributed by atoms with Gasteiger partial charge in [-0.05, 0) is 83.1 Å². The number of phenols is 1. The molecule has 0 saturated carbocycles. The maximum atomic E-state index is 12.9.